The molecule has 0 radical (unpaired) electrons. The maximum atomic E-state index is 11.6. The summed E-state index contributed by atoms with van der Waals surface area (Å²) in [5, 5.41) is 3.51. The zero-order valence-electron chi connectivity index (χ0n) is 13.5. The van der Waals surface area contributed by atoms with E-state index >= 15 is 0 Å². The number of esters is 1. The lowest BCUT2D eigenvalue weighted by Crippen LogP contribution is -2.38. The Kier molecular flexibility index (Phi) is 4.28. The zero-order chi connectivity index (χ0) is 15.7. The van der Waals surface area contributed by atoms with Crippen LogP contribution in [0.25, 0.3) is 0 Å². The summed E-state index contributed by atoms with van der Waals surface area (Å²) in [4.78, 5) is 11.6. The fourth-order valence-electron chi connectivity index (χ4n) is 2.91. The second-order valence-electron chi connectivity index (χ2n) is 6.66. The second-order valence-corrected chi connectivity index (χ2v) is 6.66. The van der Waals surface area contributed by atoms with E-state index in [-0.39, 0.29) is 23.2 Å². The first kappa shape index (κ1) is 15.8. The molecule has 2 rings (SSSR count). The van der Waals surface area contributed by atoms with E-state index in [1.54, 1.807) is 19.1 Å². The fourth-order valence-corrected chi connectivity index (χ4v) is 2.91. The third kappa shape index (κ3) is 3.76. The molecular formula is C17H25NO3. The van der Waals surface area contributed by atoms with E-state index in [4.69, 9.17) is 9.47 Å². The molecule has 0 aromatic heterocycles. The van der Waals surface area contributed by atoms with Gasteiger partial charge in [0.25, 0.3) is 0 Å². The Morgan fingerprint density at radius 1 is 1.29 bits per heavy atom. The van der Waals surface area contributed by atoms with Crippen LogP contribution in [-0.4, -0.2) is 29.8 Å². The van der Waals surface area contributed by atoms with Gasteiger partial charge in [-0.2, -0.15) is 0 Å². The number of carbonyl (C=O) groups is 1. The number of ether oxygens (including phenoxy) is 2. The lowest BCUT2D eigenvalue weighted by molar-refractivity contribution is -0.0662. The van der Waals surface area contributed by atoms with Crippen molar-refractivity contribution in [2.45, 2.75) is 58.3 Å². The standard InChI is InChI=1S/C17H25NO3/c1-6-20-15(19)12-7-9-13(10-8-12)18-14-11-16(2,3)21-17(14,4)5/h7-10,14,18H,6,11H2,1-5H3. The van der Waals surface area contributed by atoms with Gasteiger partial charge in [0.2, 0.25) is 0 Å². The van der Waals surface area contributed by atoms with Gasteiger partial charge in [-0.25, -0.2) is 4.79 Å². The van der Waals surface area contributed by atoms with Crippen molar-refractivity contribution in [3.63, 3.8) is 0 Å². The molecule has 0 spiro atoms. The van der Waals surface area contributed by atoms with E-state index in [2.05, 4.69) is 33.0 Å². The van der Waals surface area contributed by atoms with Crippen molar-refractivity contribution >= 4 is 11.7 Å². The van der Waals surface area contributed by atoms with Crippen molar-refractivity contribution in [3.05, 3.63) is 29.8 Å². The highest BCUT2D eigenvalue weighted by Crippen LogP contribution is 2.38. The molecule has 1 aliphatic rings. The van der Waals surface area contributed by atoms with Crippen LogP contribution in [0.1, 0.15) is 51.4 Å². The van der Waals surface area contributed by atoms with E-state index in [1.807, 2.05) is 12.1 Å². The Hall–Kier alpha value is -1.55. The predicted molar refractivity (Wildman–Crippen MR) is 83.7 cm³/mol. The minimum atomic E-state index is -0.283. The summed E-state index contributed by atoms with van der Waals surface area (Å²) in [6, 6.07) is 7.63. The van der Waals surface area contributed by atoms with Gasteiger partial charge in [0.05, 0.1) is 29.4 Å². The molecule has 1 aromatic carbocycles. The van der Waals surface area contributed by atoms with Gasteiger partial charge in [0, 0.05) is 5.69 Å². The van der Waals surface area contributed by atoms with Crippen molar-refractivity contribution in [1.82, 2.24) is 0 Å². The summed E-state index contributed by atoms with van der Waals surface area (Å²) in [6.07, 6.45) is 0.944. The molecular weight excluding hydrogens is 266 g/mol. The van der Waals surface area contributed by atoms with Crippen molar-refractivity contribution in [2.75, 3.05) is 11.9 Å². The average molecular weight is 291 g/mol. The number of benzene rings is 1. The van der Waals surface area contributed by atoms with Gasteiger partial charge in [0.1, 0.15) is 0 Å². The highest BCUT2D eigenvalue weighted by molar-refractivity contribution is 5.89. The van der Waals surface area contributed by atoms with E-state index in [1.165, 1.54) is 0 Å². The molecule has 0 aliphatic carbocycles. The second kappa shape index (κ2) is 5.68. The van der Waals surface area contributed by atoms with Crippen LogP contribution in [0.5, 0.6) is 0 Å². The van der Waals surface area contributed by atoms with Crippen LogP contribution >= 0.6 is 0 Å². The third-order valence-corrected chi connectivity index (χ3v) is 3.81. The van der Waals surface area contributed by atoms with Crippen LogP contribution in [0, 0.1) is 0 Å². The van der Waals surface area contributed by atoms with Gasteiger partial charge in [-0.15, -0.1) is 0 Å². The predicted octanol–water partition coefficient (Wildman–Crippen LogP) is 3.62. The molecule has 1 saturated heterocycles. The largest absolute Gasteiger partial charge is 0.462 e. The van der Waals surface area contributed by atoms with Gasteiger partial charge in [0.15, 0.2) is 0 Å². The molecule has 0 bridgehead atoms. The minimum absolute atomic E-state index is 0.119. The highest BCUT2D eigenvalue weighted by atomic mass is 16.5. The van der Waals surface area contributed by atoms with Crippen molar-refractivity contribution in [2.24, 2.45) is 0 Å². The molecule has 21 heavy (non-hydrogen) atoms. The number of carbonyl (C=O) groups excluding carboxylic acids is 1. The molecule has 1 aliphatic heterocycles. The minimum Gasteiger partial charge on any atom is -0.462 e. The SMILES string of the molecule is CCOC(=O)c1ccc(NC2CC(C)(C)OC2(C)C)cc1. The first-order valence-corrected chi connectivity index (χ1v) is 7.47. The molecule has 116 valence electrons. The summed E-state index contributed by atoms with van der Waals surface area (Å²) in [5.74, 6) is -0.283. The van der Waals surface area contributed by atoms with Gasteiger partial charge in [-0.1, -0.05) is 0 Å². The van der Waals surface area contributed by atoms with Crippen LogP contribution in [-0.2, 0) is 9.47 Å². The first-order valence-electron chi connectivity index (χ1n) is 7.47. The van der Waals surface area contributed by atoms with Crippen molar-refractivity contribution < 1.29 is 14.3 Å². The molecule has 1 heterocycles. The summed E-state index contributed by atoms with van der Waals surface area (Å²) < 4.78 is 11.1. The number of anilines is 1. The monoisotopic (exact) mass is 291 g/mol. The molecule has 1 fully saturated rings. The van der Waals surface area contributed by atoms with Gasteiger partial charge in [-0.05, 0) is 65.3 Å². The molecule has 1 aromatic rings. The fraction of sp³-hybridized carbons (Fsp3) is 0.588. The number of rotatable bonds is 4. The van der Waals surface area contributed by atoms with Crippen molar-refractivity contribution in [3.8, 4) is 0 Å². The summed E-state index contributed by atoms with van der Waals surface area (Å²) in [6.45, 7) is 10.6. The average Bonchev–Trinajstić information content (AvgIpc) is 2.58. The number of nitrogens with one attached hydrogen (secondary N) is 1. The Labute approximate surface area is 126 Å². The van der Waals surface area contributed by atoms with Crippen molar-refractivity contribution in [1.29, 1.82) is 0 Å². The van der Waals surface area contributed by atoms with E-state index < -0.39 is 0 Å². The van der Waals surface area contributed by atoms with Crippen LogP contribution in [0.2, 0.25) is 0 Å². The quantitative estimate of drug-likeness (QED) is 0.861. The third-order valence-electron chi connectivity index (χ3n) is 3.81. The van der Waals surface area contributed by atoms with Gasteiger partial charge >= 0.3 is 5.97 Å². The topological polar surface area (TPSA) is 47.6 Å². The lowest BCUT2D eigenvalue weighted by Gasteiger charge is -2.28. The Morgan fingerprint density at radius 2 is 1.90 bits per heavy atom. The first-order chi connectivity index (χ1) is 9.73. The number of hydrogen-bond acceptors (Lipinski definition) is 4. The van der Waals surface area contributed by atoms with Crippen LogP contribution in [0.4, 0.5) is 5.69 Å². The zero-order valence-corrected chi connectivity index (χ0v) is 13.5. The van der Waals surface area contributed by atoms with Crippen LogP contribution < -0.4 is 5.32 Å². The molecule has 1 atom stereocenters. The Balaban J connectivity index is 2.05. The Bertz CT molecular complexity index is 505. The summed E-state index contributed by atoms with van der Waals surface area (Å²) in [7, 11) is 0. The highest BCUT2D eigenvalue weighted by Gasteiger charge is 2.45. The molecule has 1 N–H and O–H groups in total. The molecule has 0 amide bonds. The van der Waals surface area contributed by atoms with E-state index in [0.717, 1.165) is 12.1 Å². The molecule has 0 saturated carbocycles. The summed E-state index contributed by atoms with van der Waals surface area (Å²) >= 11 is 0. The smallest absolute Gasteiger partial charge is 0.338 e. The van der Waals surface area contributed by atoms with Crippen LogP contribution in [0.15, 0.2) is 24.3 Å². The molecule has 1 unspecified atom stereocenters. The Morgan fingerprint density at radius 3 is 2.38 bits per heavy atom. The summed E-state index contributed by atoms with van der Waals surface area (Å²) in [5.41, 5.74) is 1.22. The van der Waals surface area contributed by atoms with E-state index in [0.29, 0.717) is 12.2 Å². The maximum absolute atomic E-state index is 11.6. The normalized spacial score (nSPS) is 22.8. The molecule has 4 heteroatoms. The maximum Gasteiger partial charge on any atom is 0.338 e. The van der Waals surface area contributed by atoms with Gasteiger partial charge in [-0.3, -0.25) is 0 Å². The lowest BCUT2D eigenvalue weighted by atomic mass is 9.94. The van der Waals surface area contributed by atoms with Crippen LogP contribution in [0.3, 0.4) is 0 Å². The van der Waals surface area contributed by atoms with Gasteiger partial charge < -0.3 is 14.8 Å². The molecule has 4 nitrogen and oxygen atoms in total. The van der Waals surface area contributed by atoms with E-state index in [9.17, 15) is 4.79 Å². The number of hydrogen-bond donors (Lipinski definition) is 1.